The van der Waals surface area contributed by atoms with E-state index in [9.17, 15) is 4.79 Å². The Morgan fingerprint density at radius 2 is 2.11 bits per heavy atom. The Bertz CT molecular complexity index is 891. The lowest BCUT2D eigenvalue weighted by Gasteiger charge is -2.38. The number of aromatic nitrogens is 3. The van der Waals surface area contributed by atoms with E-state index in [0.29, 0.717) is 11.5 Å². The zero-order valence-electron chi connectivity index (χ0n) is 16.0. The van der Waals surface area contributed by atoms with Crippen LogP contribution in [0.1, 0.15) is 35.9 Å². The van der Waals surface area contributed by atoms with E-state index < -0.39 is 0 Å². The number of nitrogens with zero attached hydrogens (tertiary/aromatic N) is 3. The molecule has 2 atom stereocenters. The van der Waals surface area contributed by atoms with Crippen molar-refractivity contribution >= 4 is 5.91 Å². The average Bonchev–Trinajstić information content (AvgIpc) is 3.41. The number of pyridine rings is 1. The first-order valence-corrected chi connectivity index (χ1v) is 9.74. The minimum Gasteiger partial charge on any atom is -0.458 e. The van der Waals surface area contributed by atoms with Crippen LogP contribution in [0.3, 0.4) is 0 Å². The lowest BCUT2D eigenvalue weighted by Crippen LogP contribution is -2.50. The Hall–Kier alpha value is -2.93. The number of amides is 1. The third-order valence-electron chi connectivity index (χ3n) is 5.41. The normalized spacial score (nSPS) is 20.2. The largest absolute Gasteiger partial charge is 0.458 e. The quantitative estimate of drug-likeness (QED) is 0.687. The summed E-state index contributed by atoms with van der Waals surface area (Å²) in [5.41, 5.74) is 1.55. The van der Waals surface area contributed by atoms with Crippen LogP contribution in [0.15, 0.2) is 53.3 Å². The molecule has 1 amide bonds. The van der Waals surface area contributed by atoms with Gasteiger partial charge in [-0.2, -0.15) is 5.10 Å². The van der Waals surface area contributed by atoms with Gasteiger partial charge in [0.1, 0.15) is 11.5 Å². The Labute approximate surface area is 164 Å². The molecule has 0 spiro atoms. The van der Waals surface area contributed by atoms with E-state index in [0.717, 1.165) is 49.7 Å². The van der Waals surface area contributed by atoms with Crippen LogP contribution in [-0.4, -0.2) is 45.1 Å². The predicted molar refractivity (Wildman–Crippen MR) is 105 cm³/mol. The van der Waals surface area contributed by atoms with Crippen molar-refractivity contribution in [1.29, 1.82) is 0 Å². The number of aromatic amines is 1. The molecule has 146 valence electrons. The average molecular weight is 379 g/mol. The van der Waals surface area contributed by atoms with Crippen LogP contribution in [0.5, 0.6) is 0 Å². The fraction of sp³-hybridized carbons (Fsp3) is 0.381. The summed E-state index contributed by atoms with van der Waals surface area (Å²) in [6.45, 7) is 4.83. The summed E-state index contributed by atoms with van der Waals surface area (Å²) in [6, 6.07) is 9.58. The molecule has 3 aromatic rings. The maximum absolute atomic E-state index is 12.5. The summed E-state index contributed by atoms with van der Waals surface area (Å²) in [5, 5.41) is 10.1. The van der Waals surface area contributed by atoms with E-state index in [1.807, 2.05) is 18.2 Å². The van der Waals surface area contributed by atoms with E-state index >= 15 is 0 Å². The second kappa shape index (κ2) is 8.39. The van der Waals surface area contributed by atoms with Crippen LogP contribution in [0, 0.1) is 5.92 Å². The first-order valence-electron chi connectivity index (χ1n) is 9.74. The van der Waals surface area contributed by atoms with Gasteiger partial charge in [-0.05, 0) is 42.7 Å². The third-order valence-corrected chi connectivity index (χ3v) is 5.41. The van der Waals surface area contributed by atoms with Gasteiger partial charge in [-0.3, -0.25) is 19.8 Å². The molecule has 0 aliphatic carbocycles. The van der Waals surface area contributed by atoms with Crippen LogP contribution >= 0.6 is 0 Å². The number of rotatable bonds is 6. The van der Waals surface area contributed by atoms with Crippen molar-refractivity contribution in [2.24, 2.45) is 5.92 Å². The zero-order chi connectivity index (χ0) is 19.3. The van der Waals surface area contributed by atoms with Gasteiger partial charge in [0.05, 0.1) is 6.54 Å². The van der Waals surface area contributed by atoms with Crippen molar-refractivity contribution in [2.75, 3.05) is 13.1 Å². The molecule has 0 saturated carbocycles. The SMILES string of the molecule is CC[C@@H]1CN(Cc2ccc(-c3ccn[nH]3)o2)CC[C@@H]1NC(=O)c1ccncc1. The van der Waals surface area contributed by atoms with E-state index in [1.165, 1.54) is 0 Å². The van der Waals surface area contributed by atoms with Crippen LogP contribution in [0.25, 0.3) is 11.5 Å². The molecule has 1 saturated heterocycles. The third kappa shape index (κ3) is 4.14. The van der Waals surface area contributed by atoms with Crippen molar-refractivity contribution in [2.45, 2.75) is 32.4 Å². The molecule has 4 rings (SSSR count). The fourth-order valence-corrected chi connectivity index (χ4v) is 3.83. The summed E-state index contributed by atoms with van der Waals surface area (Å²) in [6.07, 6.45) is 6.97. The molecule has 1 aliphatic heterocycles. The number of nitrogens with one attached hydrogen (secondary N) is 2. The van der Waals surface area contributed by atoms with Gasteiger partial charge in [0.15, 0.2) is 5.76 Å². The van der Waals surface area contributed by atoms with Gasteiger partial charge in [-0.25, -0.2) is 0 Å². The second-order valence-corrected chi connectivity index (χ2v) is 7.24. The molecule has 0 unspecified atom stereocenters. The Morgan fingerprint density at radius 3 is 2.86 bits per heavy atom. The highest BCUT2D eigenvalue weighted by Crippen LogP contribution is 2.25. The van der Waals surface area contributed by atoms with Gasteiger partial charge < -0.3 is 9.73 Å². The molecular formula is C21H25N5O2. The predicted octanol–water partition coefficient (Wildman–Crippen LogP) is 3.10. The first-order chi connectivity index (χ1) is 13.7. The van der Waals surface area contributed by atoms with Crippen molar-refractivity contribution in [3.8, 4) is 11.5 Å². The number of likely N-dealkylation sites (tertiary alicyclic amines) is 1. The van der Waals surface area contributed by atoms with E-state index in [4.69, 9.17) is 4.42 Å². The minimum atomic E-state index is -0.0190. The molecule has 0 aromatic carbocycles. The number of furan rings is 1. The van der Waals surface area contributed by atoms with E-state index in [-0.39, 0.29) is 11.9 Å². The van der Waals surface area contributed by atoms with Gasteiger partial charge in [0, 0.05) is 43.3 Å². The molecule has 0 bridgehead atoms. The standard InChI is InChI=1S/C21H25N5O2/c1-2-15-13-26(14-17-3-4-20(28-17)19-7-11-23-25-19)12-8-18(15)24-21(27)16-5-9-22-10-6-16/h3-7,9-11,15,18H,2,8,12-14H2,1H3,(H,23,25)(H,24,27)/t15-,18+/m1/s1. The molecule has 2 N–H and O–H groups in total. The Balaban J connectivity index is 1.35. The second-order valence-electron chi connectivity index (χ2n) is 7.24. The van der Waals surface area contributed by atoms with Crippen molar-refractivity contribution in [3.63, 3.8) is 0 Å². The summed E-state index contributed by atoms with van der Waals surface area (Å²) >= 11 is 0. The number of hydrogen-bond acceptors (Lipinski definition) is 5. The number of hydrogen-bond donors (Lipinski definition) is 2. The molecule has 28 heavy (non-hydrogen) atoms. The highest BCUT2D eigenvalue weighted by atomic mass is 16.3. The molecule has 0 radical (unpaired) electrons. The molecule has 1 fully saturated rings. The molecule has 3 aromatic heterocycles. The van der Waals surface area contributed by atoms with Crippen molar-refractivity contribution in [1.82, 2.24) is 25.4 Å². The first kappa shape index (κ1) is 18.4. The molecule has 7 heteroatoms. The van der Waals surface area contributed by atoms with Crippen LogP contribution in [0.4, 0.5) is 0 Å². The lowest BCUT2D eigenvalue weighted by molar-refractivity contribution is 0.0830. The fourth-order valence-electron chi connectivity index (χ4n) is 3.83. The summed E-state index contributed by atoms with van der Waals surface area (Å²) in [5.74, 6) is 2.15. The summed E-state index contributed by atoms with van der Waals surface area (Å²) < 4.78 is 5.96. The van der Waals surface area contributed by atoms with Gasteiger partial charge in [0.2, 0.25) is 0 Å². The number of H-pyrrole nitrogens is 1. The molecular weight excluding hydrogens is 354 g/mol. The van der Waals surface area contributed by atoms with E-state index in [2.05, 4.69) is 32.3 Å². The summed E-state index contributed by atoms with van der Waals surface area (Å²) in [4.78, 5) is 18.9. The highest BCUT2D eigenvalue weighted by molar-refractivity contribution is 5.94. The Kier molecular flexibility index (Phi) is 5.53. The summed E-state index contributed by atoms with van der Waals surface area (Å²) in [7, 11) is 0. The van der Waals surface area contributed by atoms with Crippen LogP contribution in [-0.2, 0) is 6.54 Å². The zero-order valence-corrected chi connectivity index (χ0v) is 16.0. The smallest absolute Gasteiger partial charge is 0.251 e. The molecule has 7 nitrogen and oxygen atoms in total. The van der Waals surface area contributed by atoms with Gasteiger partial charge >= 0.3 is 0 Å². The van der Waals surface area contributed by atoms with Gasteiger partial charge in [-0.15, -0.1) is 0 Å². The number of carbonyl (C=O) groups excluding carboxylic acids is 1. The van der Waals surface area contributed by atoms with Gasteiger partial charge in [0.25, 0.3) is 5.91 Å². The van der Waals surface area contributed by atoms with Gasteiger partial charge in [-0.1, -0.05) is 13.3 Å². The van der Waals surface area contributed by atoms with Crippen molar-refractivity contribution < 1.29 is 9.21 Å². The molecule has 4 heterocycles. The van der Waals surface area contributed by atoms with Crippen LogP contribution < -0.4 is 5.32 Å². The highest BCUT2D eigenvalue weighted by Gasteiger charge is 2.29. The van der Waals surface area contributed by atoms with Crippen LogP contribution in [0.2, 0.25) is 0 Å². The topological polar surface area (TPSA) is 87.0 Å². The minimum absolute atomic E-state index is 0.0190. The lowest BCUT2D eigenvalue weighted by atomic mass is 9.89. The maximum atomic E-state index is 12.5. The number of carbonyl (C=O) groups is 1. The number of piperidine rings is 1. The monoisotopic (exact) mass is 379 g/mol. The maximum Gasteiger partial charge on any atom is 0.251 e. The van der Waals surface area contributed by atoms with Crippen molar-refractivity contribution in [3.05, 3.63) is 60.2 Å². The molecule has 1 aliphatic rings. The van der Waals surface area contributed by atoms with E-state index in [1.54, 1.807) is 30.7 Å². The Morgan fingerprint density at radius 1 is 1.25 bits per heavy atom.